The van der Waals surface area contributed by atoms with Crippen LogP contribution in [0.2, 0.25) is 0 Å². The van der Waals surface area contributed by atoms with E-state index >= 15 is 0 Å². The molecule has 0 amide bonds. The van der Waals surface area contributed by atoms with Crippen LogP contribution in [0.1, 0.15) is 0 Å². The zero-order chi connectivity index (χ0) is 20.6. The second-order valence-corrected chi connectivity index (χ2v) is 4.38. The zero-order valence-electron chi connectivity index (χ0n) is 12.1. The van der Waals surface area contributed by atoms with Crippen LogP contribution in [0.3, 0.4) is 0 Å². The Kier molecular flexibility index (Phi) is 6.81. The van der Waals surface area contributed by atoms with Crippen molar-refractivity contribution in [2.45, 2.75) is 28.8 Å². The Labute approximate surface area is 138 Å². The van der Waals surface area contributed by atoms with E-state index in [1.54, 1.807) is 20.7 Å². The Hall–Kier alpha value is -3.68. The van der Waals surface area contributed by atoms with Gasteiger partial charge in [0.2, 0.25) is 0 Å². The Morgan fingerprint density at radius 2 is 1.00 bits per heavy atom. The first kappa shape index (κ1) is 22.3. The fraction of sp³-hybridized carbons (Fsp3) is 1.00. The minimum Gasteiger partial charge on any atom is -0.328 e. The van der Waals surface area contributed by atoms with Crippen molar-refractivity contribution < 1.29 is 0 Å². The Bertz CT molecular complexity index is 618. The molecule has 4 N–H and O–H groups in total. The standard InChI is InChI=1S/C6H7N11O9/c7-1-2(9-18)3(10-19,11-20)4(12-21,13-22)5(14-23,15-24)6(8,16-25)17-26/h2H,1,7-8H2. The summed E-state index contributed by atoms with van der Waals surface area (Å²) in [5.41, 5.74) is -2.92. The Morgan fingerprint density at radius 1 is 0.615 bits per heavy atom. The van der Waals surface area contributed by atoms with Gasteiger partial charge in [0.1, 0.15) is 0 Å². The SMILES string of the molecule is NCC(N=O)C(N=O)(N=O)C(N=O)(N=O)C(N=O)(N=O)C(N)(N=O)N=O. The van der Waals surface area contributed by atoms with Crippen LogP contribution in [0.5, 0.6) is 0 Å². The predicted molar refractivity (Wildman–Crippen MR) is 80.1 cm³/mol. The molecule has 0 aromatic rings. The Balaban J connectivity index is 7.63. The van der Waals surface area contributed by atoms with E-state index in [9.17, 15) is 44.2 Å². The zero-order valence-corrected chi connectivity index (χ0v) is 12.1. The van der Waals surface area contributed by atoms with Crippen LogP contribution in [0.25, 0.3) is 0 Å². The van der Waals surface area contributed by atoms with Gasteiger partial charge in [0.25, 0.3) is 0 Å². The molecule has 20 heteroatoms. The molecule has 0 saturated carbocycles. The quantitative estimate of drug-likeness (QED) is 0.376. The number of rotatable bonds is 14. The maximum Gasteiger partial charge on any atom is 0.353 e. The van der Waals surface area contributed by atoms with E-state index in [1.807, 2.05) is 20.7 Å². The molecule has 140 valence electrons. The van der Waals surface area contributed by atoms with Gasteiger partial charge in [-0.05, 0) is 41.4 Å². The lowest BCUT2D eigenvalue weighted by Gasteiger charge is -2.39. The lowest BCUT2D eigenvalue weighted by atomic mass is 9.76. The van der Waals surface area contributed by atoms with Gasteiger partial charge in [-0.15, -0.1) is 39.3 Å². The molecule has 0 bridgehead atoms. The first-order valence-corrected chi connectivity index (χ1v) is 5.83. The summed E-state index contributed by atoms with van der Waals surface area (Å²) in [6, 6.07) is -2.60. The molecule has 0 aromatic heterocycles. The topological polar surface area (TPSA) is 317 Å². The first-order valence-electron chi connectivity index (χ1n) is 5.83. The highest BCUT2D eigenvalue weighted by Crippen LogP contribution is 2.51. The molecule has 26 heavy (non-hydrogen) atoms. The van der Waals surface area contributed by atoms with Gasteiger partial charge in [-0.2, -0.15) is 4.91 Å². The molecule has 0 aromatic carbocycles. The number of hydrogen-bond donors (Lipinski definition) is 2. The fourth-order valence-electron chi connectivity index (χ4n) is 1.99. The van der Waals surface area contributed by atoms with Crippen LogP contribution < -0.4 is 11.5 Å². The van der Waals surface area contributed by atoms with E-state index in [0.29, 0.717) is 0 Å². The van der Waals surface area contributed by atoms with Crippen LogP contribution in [0.4, 0.5) is 0 Å². The van der Waals surface area contributed by atoms with Crippen molar-refractivity contribution in [3.05, 3.63) is 44.2 Å². The molecule has 0 heterocycles. The van der Waals surface area contributed by atoms with Crippen molar-refractivity contribution >= 4 is 0 Å². The molecule has 0 aliphatic carbocycles. The van der Waals surface area contributed by atoms with Gasteiger partial charge in [-0.1, -0.05) is 5.18 Å². The summed E-state index contributed by atoms with van der Waals surface area (Å²) in [4.78, 5) is 100. The average molecular weight is 377 g/mol. The van der Waals surface area contributed by atoms with Crippen LogP contribution in [-0.4, -0.2) is 35.4 Å². The van der Waals surface area contributed by atoms with E-state index in [0.717, 1.165) is 0 Å². The number of hydrogen-bond acceptors (Lipinski definition) is 20. The molecule has 0 fully saturated rings. The molecular formula is C6H7N11O9. The van der Waals surface area contributed by atoms with Gasteiger partial charge in [0.05, 0.1) is 0 Å². The van der Waals surface area contributed by atoms with Crippen LogP contribution in [0, 0.1) is 44.2 Å². The lowest BCUT2D eigenvalue weighted by molar-refractivity contribution is 0.0509. The summed E-state index contributed by atoms with van der Waals surface area (Å²) in [6.07, 6.45) is 0. The van der Waals surface area contributed by atoms with Crippen LogP contribution >= 0.6 is 0 Å². The molecule has 0 aliphatic heterocycles. The Morgan fingerprint density at radius 3 is 1.19 bits per heavy atom. The van der Waals surface area contributed by atoms with E-state index in [-0.39, 0.29) is 0 Å². The number of nitrogens with zero attached hydrogens (tertiary/aromatic N) is 9. The third-order valence-electron chi connectivity index (χ3n) is 3.41. The maximum atomic E-state index is 11.3. The van der Waals surface area contributed by atoms with Crippen molar-refractivity contribution in [3.63, 3.8) is 0 Å². The van der Waals surface area contributed by atoms with Gasteiger partial charge in [0.15, 0.2) is 6.04 Å². The van der Waals surface area contributed by atoms with Crippen molar-refractivity contribution in [1.29, 1.82) is 0 Å². The van der Waals surface area contributed by atoms with Crippen molar-refractivity contribution in [3.8, 4) is 0 Å². The molecule has 1 atom stereocenters. The molecule has 0 radical (unpaired) electrons. The van der Waals surface area contributed by atoms with Gasteiger partial charge in [0, 0.05) is 6.54 Å². The van der Waals surface area contributed by atoms with Crippen LogP contribution in [0.15, 0.2) is 46.6 Å². The van der Waals surface area contributed by atoms with Crippen molar-refractivity contribution in [2.24, 2.45) is 58.1 Å². The minimum absolute atomic E-state index is 1.18. The lowest BCUT2D eigenvalue weighted by Crippen LogP contribution is -2.75. The molecule has 0 spiro atoms. The molecular weight excluding hydrogens is 370 g/mol. The van der Waals surface area contributed by atoms with Gasteiger partial charge >= 0.3 is 22.8 Å². The smallest absolute Gasteiger partial charge is 0.328 e. The summed E-state index contributed by atoms with van der Waals surface area (Å²) in [5.74, 6) is -4.07. The highest BCUT2D eigenvalue weighted by molar-refractivity contribution is 5.29. The highest BCUT2D eigenvalue weighted by atomic mass is 16.3. The predicted octanol–water partition coefficient (Wildman–Crippen LogP) is -0.0873. The van der Waals surface area contributed by atoms with Crippen LogP contribution in [-0.2, 0) is 0 Å². The second-order valence-electron chi connectivity index (χ2n) is 4.38. The molecule has 20 nitrogen and oxygen atoms in total. The maximum absolute atomic E-state index is 11.3. The van der Waals surface area contributed by atoms with E-state index in [2.05, 4.69) is 5.18 Å². The van der Waals surface area contributed by atoms with Gasteiger partial charge in [-0.3, -0.25) is 5.73 Å². The fourth-order valence-corrected chi connectivity index (χ4v) is 1.99. The highest BCUT2D eigenvalue weighted by Gasteiger charge is 2.85. The van der Waals surface area contributed by atoms with E-state index < -0.39 is 35.4 Å². The third-order valence-corrected chi connectivity index (χ3v) is 3.41. The molecule has 0 aliphatic rings. The summed E-state index contributed by atoms with van der Waals surface area (Å²) < 4.78 is 0. The van der Waals surface area contributed by atoms with Crippen molar-refractivity contribution in [1.82, 2.24) is 0 Å². The summed E-state index contributed by atoms with van der Waals surface area (Å²) in [7, 11) is 0. The monoisotopic (exact) mass is 377 g/mol. The normalized spacial score (nSPS) is 13.6. The number of nitrogens with two attached hydrogens (primary N) is 2. The average Bonchev–Trinajstić information content (AvgIpc) is 2.70. The third kappa shape index (κ3) is 2.31. The minimum atomic E-state index is -4.44. The molecule has 1 unspecified atom stereocenters. The molecule has 0 rings (SSSR count). The second kappa shape index (κ2) is 7.93. The van der Waals surface area contributed by atoms with E-state index in [1.165, 1.54) is 0 Å². The summed E-state index contributed by atoms with van der Waals surface area (Å²) in [6.45, 7) is -1.18. The van der Waals surface area contributed by atoms with Crippen molar-refractivity contribution in [2.75, 3.05) is 6.54 Å². The van der Waals surface area contributed by atoms with E-state index in [4.69, 9.17) is 11.5 Å². The summed E-state index contributed by atoms with van der Waals surface area (Å²) in [5, 5.41) is 16.5. The van der Waals surface area contributed by atoms with Gasteiger partial charge in [-0.25, -0.2) is 0 Å². The number of nitroso groups, excluding NO2 is 9. The summed E-state index contributed by atoms with van der Waals surface area (Å²) >= 11 is 0. The van der Waals surface area contributed by atoms with Gasteiger partial charge < -0.3 is 5.73 Å². The first-order chi connectivity index (χ1) is 12.3. The molecule has 0 saturated heterocycles. The largest absolute Gasteiger partial charge is 0.353 e.